The molecule has 1 fully saturated rings. The van der Waals surface area contributed by atoms with Gasteiger partial charge in [-0.2, -0.15) is 0 Å². The number of nitrogens with zero attached hydrogens (tertiary/aromatic N) is 1. The van der Waals surface area contributed by atoms with Gasteiger partial charge in [0.2, 0.25) is 0 Å². The lowest BCUT2D eigenvalue weighted by Gasteiger charge is -2.33. The smallest absolute Gasteiger partial charge is 0.317 e. The van der Waals surface area contributed by atoms with Gasteiger partial charge in [-0.25, -0.2) is 4.79 Å². The number of ether oxygens (including phenoxy) is 1. The molecule has 0 aliphatic carbocycles. The van der Waals surface area contributed by atoms with E-state index in [1.54, 1.807) is 0 Å². The minimum Gasteiger partial charge on any atom is -0.494 e. The molecule has 0 saturated carbocycles. The van der Waals surface area contributed by atoms with E-state index in [4.69, 9.17) is 4.74 Å². The molecule has 2 N–H and O–H groups in total. The highest BCUT2D eigenvalue weighted by atomic mass is 16.5. The second-order valence-electron chi connectivity index (χ2n) is 7.94. The Bertz CT molecular complexity index is 882. The van der Waals surface area contributed by atoms with Crippen molar-refractivity contribution in [2.24, 2.45) is 0 Å². The number of carbonyl (C=O) groups is 2. The molecular formula is C25H33N3O3. The largest absolute Gasteiger partial charge is 0.494 e. The third-order valence-corrected chi connectivity index (χ3v) is 5.70. The maximum absolute atomic E-state index is 12.9. The summed E-state index contributed by atoms with van der Waals surface area (Å²) in [5.74, 6) is 0.971. The normalized spacial score (nSPS) is 17.0. The molecule has 1 heterocycles. The summed E-state index contributed by atoms with van der Waals surface area (Å²) in [4.78, 5) is 27.0. The molecule has 0 aromatic heterocycles. The summed E-state index contributed by atoms with van der Waals surface area (Å²) < 4.78 is 5.48. The number of urea groups is 1. The number of amides is 3. The van der Waals surface area contributed by atoms with Crippen LogP contribution in [-0.2, 0) is 0 Å². The fourth-order valence-corrected chi connectivity index (χ4v) is 4.01. The van der Waals surface area contributed by atoms with Crippen molar-refractivity contribution in [3.8, 4) is 5.75 Å². The Morgan fingerprint density at radius 1 is 1.16 bits per heavy atom. The summed E-state index contributed by atoms with van der Waals surface area (Å²) in [6, 6.07) is 15.5. The van der Waals surface area contributed by atoms with E-state index in [9.17, 15) is 9.59 Å². The zero-order valence-corrected chi connectivity index (χ0v) is 18.7. The fraction of sp³-hybridized carbons (Fsp3) is 0.440. The number of piperidine rings is 1. The Balaban J connectivity index is 1.65. The van der Waals surface area contributed by atoms with Crippen molar-refractivity contribution in [1.29, 1.82) is 0 Å². The molecule has 6 heteroatoms. The Morgan fingerprint density at radius 3 is 2.65 bits per heavy atom. The molecule has 1 saturated heterocycles. The third-order valence-electron chi connectivity index (χ3n) is 5.70. The number of hydrogen-bond donors (Lipinski definition) is 2. The number of likely N-dealkylation sites (tertiary alicyclic amines) is 1. The van der Waals surface area contributed by atoms with E-state index in [1.807, 2.05) is 68.1 Å². The third kappa shape index (κ3) is 6.00. The van der Waals surface area contributed by atoms with Gasteiger partial charge in [-0.1, -0.05) is 24.3 Å². The second kappa shape index (κ2) is 10.8. The highest BCUT2D eigenvalue weighted by Gasteiger charge is 2.25. The Morgan fingerprint density at radius 2 is 1.94 bits per heavy atom. The van der Waals surface area contributed by atoms with Gasteiger partial charge in [0.15, 0.2) is 0 Å². The van der Waals surface area contributed by atoms with Crippen LogP contribution in [0.4, 0.5) is 4.79 Å². The minimum atomic E-state index is -0.116. The second-order valence-corrected chi connectivity index (χ2v) is 7.94. The monoisotopic (exact) mass is 423 g/mol. The van der Waals surface area contributed by atoms with Gasteiger partial charge >= 0.3 is 6.03 Å². The Hall–Kier alpha value is -3.02. The Labute approximate surface area is 185 Å². The van der Waals surface area contributed by atoms with Crippen molar-refractivity contribution in [2.75, 3.05) is 26.2 Å². The molecule has 2 atom stereocenters. The quantitative estimate of drug-likeness (QED) is 0.690. The van der Waals surface area contributed by atoms with E-state index >= 15 is 0 Å². The van der Waals surface area contributed by atoms with Crippen LogP contribution in [0.2, 0.25) is 0 Å². The first-order valence-corrected chi connectivity index (χ1v) is 11.2. The van der Waals surface area contributed by atoms with Gasteiger partial charge in [0.25, 0.3) is 5.91 Å². The van der Waals surface area contributed by atoms with Crippen LogP contribution in [0.5, 0.6) is 5.75 Å². The van der Waals surface area contributed by atoms with Gasteiger partial charge < -0.3 is 20.3 Å². The van der Waals surface area contributed by atoms with Crippen LogP contribution < -0.4 is 15.4 Å². The molecule has 0 radical (unpaired) electrons. The van der Waals surface area contributed by atoms with Crippen molar-refractivity contribution < 1.29 is 14.3 Å². The average Bonchev–Trinajstić information content (AvgIpc) is 2.80. The van der Waals surface area contributed by atoms with Gasteiger partial charge in [0.1, 0.15) is 5.75 Å². The minimum absolute atomic E-state index is 0.00900. The molecule has 3 amide bonds. The molecule has 6 nitrogen and oxygen atoms in total. The summed E-state index contributed by atoms with van der Waals surface area (Å²) in [6.45, 7) is 8.57. The number of benzene rings is 2. The van der Waals surface area contributed by atoms with Crippen molar-refractivity contribution >= 4 is 11.9 Å². The summed E-state index contributed by atoms with van der Waals surface area (Å²) in [5.41, 5.74) is 2.78. The first-order chi connectivity index (χ1) is 15.0. The lowest BCUT2D eigenvalue weighted by Crippen LogP contribution is -2.44. The van der Waals surface area contributed by atoms with Gasteiger partial charge in [0, 0.05) is 31.1 Å². The van der Waals surface area contributed by atoms with Crippen LogP contribution in [0.3, 0.4) is 0 Å². The molecule has 0 bridgehead atoms. The fourth-order valence-electron chi connectivity index (χ4n) is 4.01. The number of hydrogen-bond acceptors (Lipinski definition) is 3. The predicted octanol–water partition coefficient (Wildman–Crippen LogP) is 4.49. The summed E-state index contributed by atoms with van der Waals surface area (Å²) in [7, 11) is 0. The van der Waals surface area contributed by atoms with Crippen molar-refractivity contribution in [3.05, 3.63) is 65.2 Å². The van der Waals surface area contributed by atoms with E-state index in [1.165, 1.54) is 0 Å². The van der Waals surface area contributed by atoms with Crippen LogP contribution in [0.1, 0.15) is 67.1 Å². The lowest BCUT2D eigenvalue weighted by atomic mass is 9.89. The highest BCUT2D eigenvalue weighted by Crippen LogP contribution is 2.28. The SMILES string of the molecule is CCNC(=O)N1CCC[C@H](c2cccc(C(=O)N[C@@H](C)c3ccc(OCC)cc3)c2)C1. The van der Waals surface area contributed by atoms with Crippen molar-refractivity contribution in [1.82, 2.24) is 15.5 Å². The van der Waals surface area contributed by atoms with Gasteiger partial charge in [-0.3, -0.25) is 4.79 Å². The van der Waals surface area contributed by atoms with E-state index in [0.717, 1.165) is 36.3 Å². The first-order valence-electron chi connectivity index (χ1n) is 11.2. The topological polar surface area (TPSA) is 70.7 Å². The molecular weight excluding hydrogens is 390 g/mol. The molecule has 2 aromatic rings. The molecule has 166 valence electrons. The summed E-state index contributed by atoms with van der Waals surface area (Å²) in [6.07, 6.45) is 1.98. The number of nitrogens with one attached hydrogen (secondary N) is 2. The first kappa shape index (κ1) is 22.7. The number of rotatable bonds is 7. The van der Waals surface area contributed by atoms with Crippen molar-refractivity contribution in [2.45, 2.75) is 45.6 Å². The van der Waals surface area contributed by atoms with Crippen LogP contribution in [0, 0.1) is 0 Å². The van der Waals surface area contributed by atoms with Gasteiger partial charge in [-0.15, -0.1) is 0 Å². The molecule has 2 aromatic carbocycles. The molecule has 31 heavy (non-hydrogen) atoms. The van der Waals surface area contributed by atoms with Crippen LogP contribution in [0.25, 0.3) is 0 Å². The standard InChI is InChI=1S/C25H33N3O3/c1-4-26-25(30)28-15-7-10-22(17-28)20-8-6-9-21(16-20)24(29)27-18(3)19-11-13-23(14-12-19)31-5-2/h6,8-9,11-14,16,18,22H,4-5,7,10,15,17H2,1-3H3,(H,26,30)(H,27,29)/t18-,22-/m0/s1. The molecule has 1 aliphatic rings. The maximum Gasteiger partial charge on any atom is 0.317 e. The average molecular weight is 424 g/mol. The highest BCUT2D eigenvalue weighted by molar-refractivity contribution is 5.94. The van der Waals surface area contributed by atoms with E-state index in [2.05, 4.69) is 16.7 Å². The molecule has 0 unspecified atom stereocenters. The zero-order valence-electron chi connectivity index (χ0n) is 18.7. The maximum atomic E-state index is 12.9. The van der Waals surface area contributed by atoms with E-state index in [0.29, 0.717) is 25.3 Å². The van der Waals surface area contributed by atoms with E-state index in [-0.39, 0.29) is 23.9 Å². The van der Waals surface area contributed by atoms with Crippen LogP contribution in [-0.4, -0.2) is 43.1 Å². The van der Waals surface area contributed by atoms with Gasteiger partial charge in [-0.05, 0) is 69.0 Å². The Kier molecular flexibility index (Phi) is 7.93. The van der Waals surface area contributed by atoms with Crippen LogP contribution in [0.15, 0.2) is 48.5 Å². The lowest BCUT2D eigenvalue weighted by molar-refractivity contribution is 0.0939. The van der Waals surface area contributed by atoms with E-state index < -0.39 is 0 Å². The van der Waals surface area contributed by atoms with Crippen molar-refractivity contribution in [3.63, 3.8) is 0 Å². The molecule has 0 spiro atoms. The van der Waals surface area contributed by atoms with Gasteiger partial charge in [0.05, 0.1) is 12.6 Å². The number of carbonyl (C=O) groups excluding carboxylic acids is 2. The predicted molar refractivity (Wildman–Crippen MR) is 123 cm³/mol. The zero-order chi connectivity index (χ0) is 22.2. The summed E-state index contributed by atoms with van der Waals surface area (Å²) >= 11 is 0. The van der Waals surface area contributed by atoms with Crippen LogP contribution >= 0.6 is 0 Å². The summed E-state index contributed by atoms with van der Waals surface area (Å²) in [5, 5.41) is 5.96. The molecule has 3 rings (SSSR count). The molecule has 1 aliphatic heterocycles.